The van der Waals surface area contributed by atoms with Crippen LogP contribution in [0.1, 0.15) is 25.0 Å². The molecule has 2 aromatic carbocycles. The van der Waals surface area contributed by atoms with Crippen LogP contribution in [0.15, 0.2) is 54.6 Å². The van der Waals surface area contributed by atoms with E-state index in [9.17, 15) is 4.79 Å². The first-order valence-corrected chi connectivity index (χ1v) is 7.95. The van der Waals surface area contributed by atoms with Crippen LogP contribution in [0, 0.1) is 0 Å². The fraction of sp³-hybridized carbons (Fsp3) is 0.211. The zero-order valence-electron chi connectivity index (χ0n) is 13.2. The van der Waals surface area contributed by atoms with Crippen molar-refractivity contribution in [1.29, 1.82) is 0 Å². The van der Waals surface area contributed by atoms with E-state index < -0.39 is 0 Å². The fourth-order valence-electron chi connectivity index (χ4n) is 2.85. The summed E-state index contributed by atoms with van der Waals surface area (Å²) < 4.78 is 0. The summed E-state index contributed by atoms with van der Waals surface area (Å²) in [4.78, 5) is 12.3. The molecule has 0 atom stereocenters. The molecule has 1 heterocycles. The van der Waals surface area contributed by atoms with E-state index in [1.165, 1.54) is 5.56 Å². The van der Waals surface area contributed by atoms with Crippen LogP contribution in [0.2, 0.25) is 5.02 Å². The number of halogens is 1. The number of hydrogen-bond acceptors (Lipinski definition) is 2. The summed E-state index contributed by atoms with van der Waals surface area (Å²) in [7, 11) is 0. The average Bonchev–Trinajstić information content (AvgIpc) is 2.48. The Bertz CT molecular complexity index is 763. The third-order valence-electron chi connectivity index (χ3n) is 3.80. The quantitative estimate of drug-likeness (QED) is 0.810. The number of anilines is 1. The first kappa shape index (κ1) is 15.6. The first-order valence-electron chi connectivity index (χ1n) is 7.58. The molecule has 4 heteroatoms. The summed E-state index contributed by atoms with van der Waals surface area (Å²) in [6.45, 7) is 4.27. The number of carbonyl (C=O) groups excluding carboxylic acids is 1. The van der Waals surface area contributed by atoms with Gasteiger partial charge in [0, 0.05) is 33.6 Å². The Morgan fingerprint density at radius 2 is 1.87 bits per heavy atom. The molecule has 3 rings (SSSR count). The Hall–Kier alpha value is -2.26. The summed E-state index contributed by atoms with van der Waals surface area (Å²) in [5.41, 5.74) is 3.82. The van der Waals surface area contributed by atoms with Gasteiger partial charge in [-0.2, -0.15) is 0 Å². The zero-order chi connectivity index (χ0) is 16.4. The van der Waals surface area contributed by atoms with Crippen LogP contribution in [0.25, 0.3) is 5.70 Å². The van der Waals surface area contributed by atoms with Gasteiger partial charge in [-0.25, -0.2) is 0 Å². The SMILES string of the molecule is CC1(C)Cc2ccccc2/C(=C\C(=O)Nc2ccc(Cl)cc2)N1. The van der Waals surface area contributed by atoms with Crippen molar-refractivity contribution in [2.45, 2.75) is 25.8 Å². The standard InChI is InChI=1S/C19H19ClN2O/c1-19(2)12-13-5-3-4-6-16(13)17(22-19)11-18(23)21-15-9-7-14(20)8-10-15/h3-11,22H,12H2,1-2H3,(H,21,23)/b17-11+. The van der Waals surface area contributed by atoms with E-state index in [0.29, 0.717) is 5.02 Å². The van der Waals surface area contributed by atoms with Crippen LogP contribution in [0.3, 0.4) is 0 Å². The van der Waals surface area contributed by atoms with Gasteiger partial charge in [-0.3, -0.25) is 4.79 Å². The molecular formula is C19H19ClN2O. The van der Waals surface area contributed by atoms with Crippen LogP contribution in [-0.2, 0) is 11.2 Å². The van der Waals surface area contributed by atoms with Gasteiger partial charge in [0.15, 0.2) is 0 Å². The topological polar surface area (TPSA) is 41.1 Å². The zero-order valence-corrected chi connectivity index (χ0v) is 13.9. The Morgan fingerprint density at radius 1 is 1.17 bits per heavy atom. The smallest absolute Gasteiger partial charge is 0.250 e. The van der Waals surface area contributed by atoms with Crippen molar-refractivity contribution in [2.75, 3.05) is 5.32 Å². The third-order valence-corrected chi connectivity index (χ3v) is 4.05. The Balaban J connectivity index is 1.86. The first-order chi connectivity index (χ1) is 10.9. The summed E-state index contributed by atoms with van der Waals surface area (Å²) in [5, 5.41) is 6.96. The van der Waals surface area contributed by atoms with Gasteiger partial charge in [0.2, 0.25) is 5.91 Å². The highest BCUT2D eigenvalue weighted by atomic mass is 35.5. The van der Waals surface area contributed by atoms with E-state index in [2.05, 4.69) is 30.5 Å². The second-order valence-electron chi connectivity index (χ2n) is 6.40. The van der Waals surface area contributed by atoms with E-state index in [1.54, 1.807) is 30.3 Å². The molecule has 23 heavy (non-hydrogen) atoms. The number of hydrogen-bond donors (Lipinski definition) is 2. The second kappa shape index (κ2) is 6.09. The molecule has 0 unspecified atom stereocenters. The van der Waals surface area contributed by atoms with Gasteiger partial charge in [-0.05, 0) is 50.1 Å². The normalized spacial score (nSPS) is 17.3. The summed E-state index contributed by atoms with van der Waals surface area (Å²) in [5.74, 6) is -0.165. The van der Waals surface area contributed by atoms with Crippen molar-refractivity contribution in [3.63, 3.8) is 0 Å². The number of rotatable bonds is 2. The van der Waals surface area contributed by atoms with Gasteiger partial charge < -0.3 is 10.6 Å². The van der Waals surface area contributed by atoms with E-state index in [0.717, 1.165) is 23.4 Å². The Kier molecular flexibility index (Phi) is 4.14. The highest BCUT2D eigenvalue weighted by Crippen LogP contribution is 2.29. The summed E-state index contributed by atoms with van der Waals surface area (Å²) in [6, 6.07) is 15.2. The molecule has 1 aliphatic rings. The molecule has 0 aromatic heterocycles. The molecule has 1 aliphatic heterocycles. The predicted molar refractivity (Wildman–Crippen MR) is 95.4 cm³/mol. The molecule has 0 aliphatic carbocycles. The van der Waals surface area contributed by atoms with Crippen LogP contribution in [0.4, 0.5) is 5.69 Å². The molecule has 0 bridgehead atoms. The fourth-order valence-corrected chi connectivity index (χ4v) is 2.97. The molecule has 0 saturated carbocycles. The highest BCUT2D eigenvalue weighted by molar-refractivity contribution is 6.30. The maximum Gasteiger partial charge on any atom is 0.250 e. The number of nitrogens with one attached hydrogen (secondary N) is 2. The van der Waals surface area contributed by atoms with Crippen molar-refractivity contribution in [3.8, 4) is 0 Å². The largest absolute Gasteiger partial charge is 0.379 e. The average molecular weight is 327 g/mol. The van der Waals surface area contributed by atoms with Gasteiger partial charge in [0.05, 0.1) is 0 Å². The number of amides is 1. The molecule has 0 spiro atoms. The number of carbonyl (C=O) groups is 1. The lowest BCUT2D eigenvalue weighted by molar-refractivity contribution is -0.111. The Morgan fingerprint density at radius 3 is 2.61 bits per heavy atom. The number of fused-ring (bicyclic) bond motifs is 1. The minimum Gasteiger partial charge on any atom is -0.379 e. The predicted octanol–water partition coefficient (Wildman–Crippen LogP) is 4.24. The lowest BCUT2D eigenvalue weighted by Gasteiger charge is -2.35. The lowest BCUT2D eigenvalue weighted by atomic mass is 9.86. The van der Waals surface area contributed by atoms with Gasteiger partial charge in [0.1, 0.15) is 0 Å². The maximum absolute atomic E-state index is 12.3. The van der Waals surface area contributed by atoms with Crippen LogP contribution >= 0.6 is 11.6 Å². The molecule has 118 valence electrons. The van der Waals surface area contributed by atoms with Crippen LogP contribution in [-0.4, -0.2) is 11.4 Å². The molecule has 2 N–H and O–H groups in total. The molecule has 2 aromatic rings. The maximum atomic E-state index is 12.3. The number of benzene rings is 2. The van der Waals surface area contributed by atoms with Crippen LogP contribution in [0.5, 0.6) is 0 Å². The third kappa shape index (κ3) is 3.74. The van der Waals surface area contributed by atoms with Crippen molar-refractivity contribution in [1.82, 2.24) is 5.32 Å². The second-order valence-corrected chi connectivity index (χ2v) is 6.83. The lowest BCUT2D eigenvalue weighted by Crippen LogP contribution is -2.44. The molecular weight excluding hydrogens is 308 g/mol. The minimum atomic E-state index is -0.165. The van der Waals surface area contributed by atoms with Gasteiger partial charge in [0.25, 0.3) is 0 Å². The summed E-state index contributed by atoms with van der Waals surface area (Å²) in [6.07, 6.45) is 2.55. The molecule has 1 amide bonds. The van der Waals surface area contributed by atoms with Crippen molar-refractivity contribution < 1.29 is 4.79 Å². The van der Waals surface area contributed by atoms with Gasteiger partial charge >= 0.3 is 0 Å². The molecule has 0 radical (unpaired) electrons. The van der Waals surface area contributed by atoms with Gasteiger partial charge in [-0.15, -0.1) is 0 Å². The molecule has 0 saturated heterocycles. The van der Waals surface area contributed by atoms with Gasteiger partial charge in [-0.1, -0.05) is 35.9 Å². The minimum absolute atomic E-state index is 0.0826. The van der Waals surface area contributed by atoms with Crippen LogP contribution < -0.4 is 10.6 Å². The summed E-state index contributed by atoms with van der Waals surface area (Å²) >= 11 is 5.86. The highest BCUT2D eigenvalue weighted by Gasteiger charge is 2.27. The monoisotopic (exact) mass is 326 g/mol. The molecule has 3 nitrogen and oxygen atoms in total. The molecule has 0 fully saturated rings. The van der Waals surface area contributed by atoms with E-state index in [4.69, 9.17) is 11.6 Å². The van der Waals surface area contributed by atoms with Crippen molar-refractivity contribution in [3.05, 3.63) is 70.8 Å². The van der Waals surface area contributed by atoms with E-state index in [-0.39, 0.29) is 11.4 Å². The van der Waals surface area contributed by atoms with E-state index >= 15 is 0 Å². The van der Waals surface area contributed by atoms with E-state index in [1.807, 2.05) is 18.2 Å². The van der Waals surface area contributed by atoms with Crippen molar-refractivity contribution >= 4 is 28.9 Å². The Labute approximate surface area is 141 Å². The van der Waals surface area contributed by atoms with Crippen molar-refractivity contribution in [2.24, 2.45) is 0 Å².